The van der Waals surface area contributed by atoms with Crippen molar-refractivity contribution in [1.29, 1.82) is 0 Å². The Morgan fingerprint density at radius 2 is 1.79 bits per heavy atom. The van der Waals surface area contributed by atoms with Crippen molar-refractivity contribution in [1.82, 2.24) is 9.97 Å². The third kappa shape index (κ3) is 2.99. The summed E-state index contributed by atoms with van der Waals surface area (Å²) in [6, 6.07) is 11.3. The fraction of sp³-hybridized carbons (Fsp3) is 0.143. The molecule has 0 radical (unpaired) electrons. The Morgan fingerprint density at radius 3 is 2.46 bits per heavy atom. The number of benzene rings is 2. The third-order valence-corrected chi connectivity index (χ3v) is 5.36. The van der Waals surface area contributed by atoms with Crippen molar-refractivity contribution < 1.29 is 19.0 Å². The van der Waals surface area contributed by atoms with Crippen LogP contribution >= 0.6 is 11.3 Å². The molecule has 4 aromatic rings. The second-order valence-electron chi connectivity index (χ2n) is 6.03. The first-order valence-electron chi connectivity index (χ1n) is 8.53. The number of fused-ring (bicyclic) bond motifs is 1. The molecule has 142 valence electrons. The number of carbonyl (C=O) groups is 1. The quantitative estimate of drug-likeness (QED) is 0.486. The van der Waals surface area contributed by atoms with Crippen LogP contribution in [0, 0.1) is 0 Å². The lowest BCUT2D eigenvalue weighted by Crippen LogP contribution is -2.04. The van der Waals surface area contributed by atoms with Gasteiger partial charge in [-0.05, 0) is 24.3 Å². The number of hydrogen-bond donors (Lipinski definition) is 1. The number of nitrogens with zero attached hydrogens (tertiary/aromatic N) is 1. The van der Waals surface area contributed by atoms with Crippen molar-refractivity contribution in [3.05, 3.63) is 59.2 Å². The minimum absolute atomic E-state index is 0.206. The fourth-order valence-electron chi connectivity index (χ4n) is 3.13. The highest BCUT2D eigenvalue weighted by Crippen LogP contribution is 2.39. The summed E-state index contributed by atoms with van der Waals surface area (Å²) in [6.45, 7) is 0. The molecule has 0 aliphatic heterocycles. The Morgan fingerprint density at radius 1 is 1.04 bits per heavy atom. The molecule has 0 unspecified atom stereocenters. The summed E-state index contributed by atoms with van der Waals surface area (Å²) in [5, 5.41) is 3.64. The van der Waals surface area contributed by atoms with Crippen LogP contribution in [0.3, 0.4) is 0 Å². The van der Waals surface area contributed by atoms with E-state index in [1.54, 1.807) is 17.5 Å². The number of aromatic amines is 1. The molecule has 2 aromatic heterocycles. The number of ether oxygens (including phenoxy) is 3. The molecule has 0 fully saturated rings. The van der Waals surface area contributed by atoms with E-state index in [1.165, 1.54) is 32.7 Å². The highest BCUT2D eigenvalue weighted by molar-refractivity contribution is 7.13. The van der Waals surface area contributed by atoms with Crippen LogP contribution in [-0.2, 0) is 0 Å². The van der Waals surface area contributed by atoms with Gasteiger partial charge in [0.2, 0.25) is 11.5 Å². The molecule has 0 bridgehead atoms. The summed E-state index contributed by atoms with van der Waals surface area (Å²) in [6.07, 6.45) is 1.89. The minimum Gasteiger partial charge on any atom is -0.493 e. The summed E-state index contributed by atoms with van der Waals surface area (Å²) in [7, 11) is 4.56. The van der Waals surface area contributed by atoms with E-state index in [0.717, 1.165) is 21.5 Å². The van der Waals surface area contributed by atoms with Crippen LogP contribution in [0.5, 0.6) is 17.2 Å². The lowest BCUT2D eigenvalue weighted by atomic mass is 10.1. The van der Waals surface area contributed by atoms with Gasteiger partial charge in [-0.3, -0.25) is 4.79 Å². The Hall–Kier alpha value is -3.32. The molecule has 4 rings (SSSR count). The first-order valence-corrected chi connectivity index (χ1v) is 9.41. The van der Waals surface area contributed by atoms with Crippen molar-refractivity contribution in [3.8, 4) is 27.8 Å². The molecule has 0 saturated carbocycles. The normalized spacial score (nSPS) is 10.8. The molecule has 28 heavy (non-hydrogen) atoms. The average molecular weight is 394 g/mol. The predicted octanol–water partition coefficient (Wildman–Crippen LogP) is 4.55. The number of H-pyrrole nitrogens is 1. The predicted molar refractivity (Wildman–Crippen MR) is 109 cm³/mol. The van der Waals surface area contributed by atoms with E-state index in [4.69, 9.17) is 14.2 Å². The van der Waals surface area contributed by atoms with Crippen LogP contribution in [0.2, 0.25) is 0 Å². The largest absolute Gasteiger partial charge is 0.493 e. The lowest BCUT2D eigenvalue weighted by Gasteiger charge is -2.13. The molecule has 0 aliphatic rings. The van der Waals surface area contributed by atoms with Gasteiger partial charge in [0.15, 0.2) is 11.5 Å². The smallest absolute Gasteiger partial charge is 0.212 e. The number of aromatic nitrogens is 2. The van der Waals surface area contributed by atoms with E-state index in [1.807, 2.05) is 30.5 Å². The Bertz CT molecular complexity index is 1140. The van der Waals surface area contributed by atoms with Crippen LogP contribution in [-0.4, -0.2) is 37.1 Å². The number of nitrogens with one attached hydrogen (secondary N) is 1. The maximum Gasteiger partial charge on any atom is 0.212 e. The summed E-state index contributed by atoms with van der Waals surface area (Å²) in [5.74, 6) is 1.10. The molecule has 2 heterocycles. The molecule has 7 heteroatoms. The van der Waals surface area contributed by atoms with E-state index in [2.05, 4.69) is 9.97 Å². The summed E-state index contributed by atoms with van der Waals surface area (Å²) in [4.78, 5) is 20.8. The standard InChI is InChI=1S/C21H18N2O4S/c1-25-17-9-12(10-18(26-2)20(17)27-3)19(24)16-11-28-21(23-16)14-5-4-6-15-13(14)7-8-22-15/h4-11,22H,1-3H3. The van der Waals surface area contributed by atoms with Crippen LogP contribution in [0.15, 0.2) is 48.0 Å². The van der Waals surface area contributed by atoms with Crippen LogP contribution in [0.25, 0.3) is 21.5 Å². The Kier molecular flexibility index (Phi) is 4.75. The average Bonchev–Trinajstić information content (AvgIpc) is 3.41. The molecule has 0 atom stereocenters. The maximum atomic E-state index is 13.0. The molecule has 1 N–H and O–H groups in total. The first kappa shape index (κ1) is 18.1. The SMILES string of the molecule is COc1cc(C(=O)c2csc(-c3cccc4[nH]ccc34)n2)cc(OC)c1OC. The molecular weight excluding hydrogens is 376 g/mol. The van der Waals surface area contributed by atoms with Crippen LogP contribution in [0.4, 0.5) is 0 Å². The van der Waals surface area contributed by atoms with Gasteiger partial charge in [-0.15, -0.1) is 11.3 Å². The summed E-state index contributed by atoms with van der Waals surface area (Å²) >= 11 is 1.44. The van der Waals surface area contributed by atoms with Gasteiger partial charge in [0.25, 0.3) is 0 Å². The van der Waals surface area contributed by atoms with E-state index in [0.29, 0.717) is 28.5 Å². The molecule has 0 spiro atoms. The third-order valence-electron chi connectivity index (χ3n) is 4.49. The van der Waals surface area contributed by atoms with Crippen LogP contribution in [0.1, 0.15) is 16.1 Å². The Labute approximate surface area is 165 Å². The number of ketones is 1. The van der Waals surface area contributed by atoms with Crippen molar-refractivity contribution >= 4 is 28.0 Å². The van der Waals surface area contributed by atoms with Gasteiger partial charge in [0.05, 0.1) is 21.3 Å². The van der Waals surface area contributed by atoms with Crippen LogP contribution < -0.4 is 14.2 Å². The number of rotatable bonds is 6. The number of thiazole rings is 1. The topological polar surface area (TPSA) is 73.4 Å². The summed E-state index contributed by atoms with van der Waals surface area (Å²) < 4.78 is 16.0. The zero-order chi connectivity index (χ0) is 19.7. The van der Waals surface area contributed by atoms with Gasteiger partial charge in [-0.1, -0.05) is 12.1 Å². The van der Waals surface area contributed by atoms with E-state index in [-0.39, 0.29) is 5.78 Å². The maximum absolute atomic E-state index is 13.0. The molecule has 2 aromatic carbocycles. The minimum atomic E-state index is -0.206. The number of methoxy groups -OCH3 is 3. The molecular formula is C21H18N2O4S. The van der Waals surface area contributed by atoms with Gasteiger partial charge in [0, 0.05) is 33.6 Å². The summed E-state index contributed by atoms with van der Waals surface area (Å²) in [5.41, 5.74) is 2.82. The molecule has 0 amide bonds. The first-order chi connectivity index (χ1) is 13.7. The zero-order valence-electron chi connectivity index (χ0n) is 15.6. The van der Waals surface area contributed by atoms with Gasteiger partial charge >= 0.3 is 0 Å². The van der Waals surface area contributed by atoms with Gasteiger partial charge in [-0.2, -0.15) is 0 Å². The highest BCUT2D eigenvalue weighted by atomic mass is 32.1. The van der Waals surface area contributed by atoms with Gasteiger partial charge < -0.3 is 19.2 Å². The molecule has 0 aliphatic carbocycles. The van der Waals surface area contributed by atoms with E-state index < -0.39 is 0 Å². The monoisotopic (exact) mass is 394 g/mol. The number of carbonyl (C=O) groups excluding carboxylic acids is 1. The van der Waals surface area contributed by atoms with Crippen molar-refractivity contribution in [2.45, 2.75) is 0 Å². The van der Waals surface area contributed by atoms with E-state index >= 15 is 0 Å². The van der Waals surface area contributed by atoms with Crippen molar-refractivity contribution in [2.24, 2.45) is 0 Å². The van der Waals surface area contributed by atoms with Gasteiger partial charge in [-0.25, -0.2) is 4.98 Å². The fourth-order valence-corrected chi connectivity index (χ4v) is 3.97. The van der Waals surface area contributed by atoms with Crippen molar-refractivity contribution in [3.63, 3.8) is 0 Å². The Balaban J connectivity index is 1.73. The molecule has 0 saturated heterocycles. The second-order valence-corrected chi connectivity index (χ2v) is 6.88. The molecule has 6 nitrogen and oxygen atoms in total. The highest BCUT2D eigenvalue weighted by Gasteiger charge is 2.20. The van der Waals surface area contributed by atoms with E-state index in [9.17, 15) is 4.79 Å². The number of hydrogen-bond acceptors (Lipinski definition) is 6. The van der Waals surface area contributed by atoms with Crippen molar-refractivity contribution in [2.75, 3.05) is 21.3 Å². The second kappa shape index (κ2) is 7.36. The lowest BCUT2D eigenvalue weighted by molar-refractivity contribution is 0.103. The zero-order valence-corrected chi connectivity index (χ0v) is 16.4. The van der Waals surface area contributed by atoms with Gasteiger partial charge in [0.1, 0.15) is 10.7 Å².